The average Bonchev–Trinajstić information content (AvgIpc) is 3.14. The molecule has 0 bridgehead atoms. The van der Waals surface area contributed by atoms with Gasteiger partial charge in [-0.1, -0.05) is 18.2 Å². The quantitative estimate of drug-likeness (QED) is 0.640. The minimum atomic E-state index is -3.32. The van der Waals surface area contributed by atoms with E-state index >= 15 is 0 Å². The third-order valence-corrected chi connectivity index (χ3v) is 5.69. The Morgan fingerprint density at radius 3 is 2.33 bits per heavy atom. The maximum absolute atomic E-state index is 12.3. The molecule has 0 amide bonds. The highest BCUT2D eigenvalue weighted by Crippen LogP contribution is 2.34. The summed E-state index contributed by atoms with van der Waals surface area (Å²) in [5.74, 6) is -0.946. The Hall–Kier alpha value is -3.13. The van der Waals surface area contributed by atoms with Gasteiger partial charge in [0.15, 0.2) is 15.4 Å². The van der Waals surface area contributed by atoms with Gasteiger partial charge in [-0.05, 0) is 35.4 Å². The van der Waals surface area contributed by atoms with Crippen LogP contribution >= 0.6 is 0 Å². The number of esters is 1. The van der Waals surface area contributed by atoms with E-state index in [4.69, 9.17) is 9.15 Å². The number of aromatic nitrogens is 1. The van der Waals surface area contributed by atoms with Crippen molar-refractivity contribution in [2.75, 3.05) is 12.9 Å². The molecule has 0 atom stereocenters. The zero-order chi connectivity index (χ0) is 19.3. The first-order valence-electron chi connectivity index (χ1n) is 8.06. The molecule has 3 aromatic rings. The molecule has 7 nitrogen and oxygen atoms in total. The number of sulfone groups is 1. The van der Waals surface area contributed by atoms with Gasteiger partial charge in [-0.2, -0.15) is 0 Å². The number of hydrogen-bond acceptors (Lipinski definition) is 6. The fourth-order valence-corrected chi connectivity index (χ4v) is 3.75. The lowest BCUT2D eigenvalue weighted by atomic mass is 9.96. The fourth-order valence-electron chi connectivity index (χ4n) is 3.12. The largest absolute Gasteiger partial charge is 0.457 e. The van der Waals surface area contributed by atoms with Crippen molar-refractivity contribution in [3.63, 3.8) is 0 Å². The Bertz CT molecular complexity index is 1280. The summed E-state index contributed by atoms with van der Waals surface area (Å²) in [6.45, 7) is 0.0879. The number of fused-ring (bicyclic) bond motifs is 1. The highest BCUT2D eigenvalue weighted by atomic mass is 32.2. The van der Waals surface area contributed by atoms with Gasteiger partial charge >= 0.3 is 11.7 Å². The first-order valence-corrected chi connectivity index (χ1v) is 9.95. The van der Waals surface area contributed by atoms with E-state index in [2.05, 4.69) is 0 Å². The second kappa shape index (κ2) is 5.95. The topological polar surface area (TPSA) is 95.6 Å². The van der Waals surface area contributed by atoms with Gasteiger partial charge in [0.25, 0.3) is 0 Å². The van der Waals surface area contributed by atoms with Crippen molar-refractivity contribution in [3.05, 3.63) is 64.1 Å². The lowest BCUT2D eigenvalue weighted by Gasteiger charge is -2.06. The average molecular weight is 385 g/mol. The number of ether oxygens (including phenoxy) is 1. The standard InChI is InChI=1S/C19H15NO6S/c1-20-15-8-5-12(9-16(15)26-19(20)22)14-10-25-18(21)17(14)11-3-6-13(7-4-11)27(2,23)24/h3-9H,10H2,1-2H3. The molecule has 2 heterocycles. The number of carbonyl (C=O) groups excluding carboxylic acids is 1. The number of rotatable bonds is 3. The van der Waals surface area contributed by atoms with E-state index in [1.54, 1.807) is 37.4 Å². The van der Waals surface area contributed by atoms with E-state index in [1.807, 2.05) is 0 Å². The van der Waals surface area contributed by atoms with Crippen LogP contribution in [0.1, 0.15) is 11.1 Å². The predicted octanol–water partition coefficient (Wildman–Crippen LogP) is 2.00. The molecule has 1 aliphatic rings. The SMILES string of the molecule is Cn1c(=O)oc2cc(C3=C(c4ccc(S(C)(=O)=O)cc4)C(=O)OC3)ccc21. The van der Waals surface area contributed by atoms with Gasteiger partial charge in [0.2, 0.25) is 0 Å². The summed E-state index contributed by atoms with van der Waals surface area (Å²) in [7, 11) is -1.71. The van der Waals surface area contributed by atoms with E-state index in [9.17, 15) is 18.0 Å². The van der Waals surface area contributed by atoms with Crippen LogP contribution in [0.15, 0.2) is 56.6 Å². The fraction of sp³-hybridized carbons (Fsp3) is 0.158. The van der Waals surface area contributed by atoms with E-state index in [0.29, 0.717) is 33.4 Å². The second-order valence-corrected chi connectivity index (χ2v) is 8.35. The zero-order valence-corrected chi connectivity index (χ0v) is 15.4. The summed E-state index contributed by atoms with van der Waals surface area (Å²) >= 11 is 0. The maximum Gasteiger partial charge on any atom is 0.419 e. The lowest BCUT2D eigenvalue weighted by Crippen LogP contribution is -2.08. The molecule has 1 aromatic heterocycles. The smallest absolute Gasteiger partial charge is 0.419 e. The van der Waals surface area contributed by atoms with E-state index in [1.165, 1.54) is 16.7 Å². The maximum atomic E-state index is 12.3. The summed E-state index contributed by atoms with van der Waals surface area (Å²) in [6, 6.07) is 11.3. The van der Waals surface area contributed by atoms with Crippen molar-refractivity contribution in [3.8, 4) is 0 Å². The van der Waals surface area contributed by atoms with Crippen molar-refractivity contribution in [2.24, 2.45) is 7.05 Å². The number of carbonyl (C=O) groups is 1. The molecule has 0 radical (unpaired) electrons. The summed E-state index contributed by atoms with van der Waals surface area (Å²) in [5.41, 5.74) is 3.35. The zero-order valence-electron chi connectivity index (χ0n) is 14.6. The monoisotopic (exact) mass is 385 g/mol. The van der Waals surface area contributed by atoms with E-state index in [-0.39, 0.29) is 11.5 Å². The molecule has 8 heteroatoms. The summed E-state index contributed by atoms with van der Waals surface area (Å²) in [6.07, 6.45) is 1.12. The molecule has 0 aliphatic carbocycles. The third-order valence-electron chi connectivity index (χ3n) is 4.57. The molecule has 0 N–H and O–H groups in total. The summed E-state index contributed by atoms with van der Waals surface area (Å²) < 4.78 is 35.1. The highest BCUT2D eigenvalue weighted by molar-refractivity contribution is 7.90. The number of hydrogen-bond donors (Lipinski definition) is 0. The normalized spacial score (nSPS) is 14.8. The minimum absolute atomic E-state index is 0.0879. The van der Waals surface area contributed by atoms with Crippen LogP contribution in [0.2, 0.25) is 0 Å². The first kappa shape index (κ1) is 17.3. The van der Waals surface area contributed by atoms with Crippen LogP contribution in [-0.4, -0.2) is 31.8 Å². The van der Waals surface area contributed by atoms with Gasteiger partial charge in [-0.15, -0.1) is 0 Å². The predicted molar refractivity (Wildman–Crippen MR) is 98.8 cm³/mol. The molecule has 4 rings (SSSR count). The number of oxazole rings is 1. The number of benzene rings is 2. The van der Waals surface area contributed by atoms with Crippen LogP contribution in [0.5, 0.6) is 0 Å². The Morgan fingerprint density at radius 1 is 1.00 bits per heavy atom. The molecular weight excluding hydrogens is 370 g/mol. The van der Waals surface area contributed by atoms with Gasteiger partial charge in [-0.25, -0.2) is 18.0 Å². The molecule has 0 unspecified atom stereocenters. The second-order valence-electron chi connectivity index (χ2n) is 6.34. The summed E-state index contributed by atoms with van der Waals surface area (Å²) in [4.78, 5) is 24.1. The molecular formula is C19H15NO6S. The molecule has 0 spiro atoms. The lowest BCUT2D eigenvalue weighted by molar-refractivity contribution is -0.133. The van der Waals surface area contributed by atoms with Crippen LogP contribution in [0.3, 0.4) is 0 Å². The molecule has 27 heavy (non-hydrogen) atoms. The number of nitrogens with zero attached hydrogens (tertiary/aromatic N) is 1. The van der Waals surface area contributed by atoms with Gasteiger partial charge in [0, 0.05) is 18.9 Å². The van der Waals surface area contributed by atoms with Gasteiger partial charge in [0.1, 0.15) is 6.61 Å². The van der Waals surface area contributed by atoms with Crippen LogP contribution in [0.4, 0.5) is 0 Å². The van der Waals surface area contributed by atoms with Gasteiger partial charge in [-0.3, -0.25) is 4.57 Å². The van der Waals surface area contributed by atoms with Gasteiger partial charge < -0.3 is 9.15 Å². The van der Waals surface area contributed by atoms with Crippen molar-refractivity contribution in [1.29, 1.82) is 0 Å². The van der Waals surface area contributed by atoms with Crippen LogP contribution < -0.4 is 5.76 Å². The Labute approximate surface area is 154 Å². The van der Waals surface area contributed by atoms with Crippen LogP contribution in [-0.2, 0) is 26.4 Å². The number of cyclic esters (lactones) is 1. The minimum Gasteiger partial charge on any atom is -0.457 e. The van der Waals surface area contributed by atoms with Crippen molar-refractivity contribution in [2.45, 2.75) is 4.90 Å². The van der Waals surface area contributed by atoms with Crippen LogP contribution in [0, 0.1) is 0 Å². The molecule has 0 saturated carbocycles. The molecule has 0 fully saturated rings. The van der Waals surface area contributed by atoms with E-state index in [0.717, 1.165) is 6.26 Å². The molecule has 138 valence electrons. The molecule has 1 aliphatic heterocycles. The van der Waals surface area contributed by atoms with Crippen LogP contribution in [0.25, 0.3) is 22.2 Å². The highest BCUT2D eigenvalue weighted by Gasteiger charge is 2.28. The molecule has 2 aromatic carbocycles. The summed E-state index contributed by atoms with van der Waals surface area (Å²) in [5, 5.41) is 0. The Balaban J connectivity index is 1.86. The van der Waals surface area contributed by atoms with E-state index < -0.39 is 21.6 Å². The first-order chi connectivity index (χ1) is 12.8. The Morgan fingerprint density at radius 2 is 1.67 bits per heavy atom. The molecule has 0 saturated heterocycles. The Kier molecular flexibility index (Phi) is 3.81. The van der Waals surface area contributed by atoms with Crippen molar-refractivity contribution >= 4 is 38.1 Å². The number of aryl methyl sites for hydroxylation is 1. The third kappa shape index (κ3) is 2.87. The van der Waals surface area contributed by atoms with Crippen molar-refractivity contribution < 1.29 is 22.4 Å². The van der Waals surface area contributed by atoms with Crippen molar-refractivity contribution in [1.82, 2.24) is 4.57 Å². The van der Waals surface area contributed by atoms with Gasteiger partial charge in [0.05, 0.1) is 16.0 Å².